The molecule has 0 aliphatic heterocycles. The lowest BCUT2D eigenvalue weighted by Crippen LogP contribution is -2.19. The number of rotatable bonds is 4. The average molecular weight is 280 g/mol. The van der Waals surface area contributed by atoms with E-state index in [2.05, 4.69) is 17.2 Å². The van der Waals surface area contributed by atoms with Crippen LogP contribution in [-0.4, -0.2) is 22.6 Å². The summed E-state index contributed by atoms with van der Waals surface area (Å²) < 4.78 is 0. The zero-order chi connectivity index (χ0) is 13.8. The largest absolute Gasteiger partial charge is 0.384 e. The van der Waals surface area contributed by atoms with Gasteiger partial charge in [0.1, 0.15) is 0 Å². The standard InChI is InChI=1S/C13H14ClN3O2/c1-2-4-15-11-3-5-16-12-7-10(14)8(6-9(11)12)13(18)17-19/h3,5-7,19H,2,4H2,1H3,(H,15,16)(H,17,18). The number of nitrogens with one attached hydrogen (secondary N) is 2. The van der Waals surface area contributed by atoms with Gasteiger partial charge in [-0.25, -0.2) is 5.48 Å². The Morgan fingerprint density at radius 2 is 2.26 bits per heavy atom. The monoisotopic (exact) mass is 279 g/mol. The molecule has 100 valence electrons. The Bertz CT molecular complexity index is 616. The molecule has 1 heterocycles. The third-order valence-electron chi connectivity index (χ3n) is 2.74. The van der Waals surface area contributed by atoms with Crippen LogP contribution in [-0.2, 0) is 0 Å². The number of carbonyl (C=O) groups excluding carboxylic acids is 1. The number of aromatic nitrogens is 1. The van der Waals surface area contributed by atoms with Crippen molar-refractivity contribution in [1.29, 1.82) is 0 Å². The zero-order valence-corrected chi connectivity index (χ0v) is 11.2. The number of carbonyl (C=O) groups is 1. The molecule has 0 radical (unpaired) electrons. The van der Waals surface area contributed by atoms with Gasteiger partial charge in [0.05, 0.1) is 16.1 Å². The van der Waals surface area contributed by atoms with Crippen molar-refractivity contribution in [2.75, 3.05) is 11.9 Å². The fourth-order valence-electron chi connectivity index (χ4n) is 1.82. The van der Waals surface area contributed by atoms with Gasteiger partial charge in [0, 0.05) is 23.8 Å². The summed E-state index contributed by atoms with van der Waals surface area (Å²) in [5.74, 6) is -0.641. The summed E-state index contributed by atoms with van der Waals surface area (Å²) in [5.41, 5.74) is 3.38. The first kappa shape index (κ1) is 13.6. The van der Waals surface area contributed by atoms with Crippen LogP contribution in [0.2, 0.25) is 5.02 Å². The lowest BCUT2D eigenvalue weighted by atomic mass is 10.1. The minimum absolute atomic E-state index is 0.212. The molecule has 0 saturated heterocycles. The van der Waals surface area contributed by atoms with Crippen LogP contribution in [0.3, 0.4) is 0 Å². The highest BCUT2D eigenvalue weighted by Crippen LogP contribution is 2.27. The van der Waals surface area contributed by atoms with Crippen molar-refractivity contribution in [3.05, 3.63) is 35.0 Å². The number of hydrogen-bond acceptors (Lipinski definition) is 4. The van der Waals surface area contributed by atoms with E-state index in [-0.39, 0.29) is 10.6 Å². The van der Waals surface area contributed by atoms with Gasteiger partial charge in [0.2, 0.25) is 0 Å². The first-order valence-corrected chi connectivity index (χ1v) is 6.31. The molecular formula is C13H14ClN3O2. The normalized spacial score (nSPS) is 10.5. The van der Waals surface area contributed by atoms with Crippen LogP contribution in [0.4, 0.5) is 5.69 Å². The van der Waals surface area contributed by atoms with Crippen LogP contribution in [0.15, 0.2) is 24.4 Å². The molecule has 0 spiro atoms. The first-order valence-electron chi connectivity index (χ1n) is 5.94. The van der Waals surface area contributed by atoms with Crippen molar-refractivity contribution in [2.24, 2.45) is 0 Å². The average Bonchev–Trinajstić information content (AvgIpc) is 2.43. The molecule has 0 aliphatic rings. The molecule has 0 saturated carbocycles. The Morgan fingerprint density at radius 1 is 1.47 bits per heavy atom. The van der Waals surface area contributed by atoms with Crippen LogP contribution in [0.25, 0.3) is 10.9 Å². The molecule has 6 heteroatoms. The Morgan fingerprint density at radius 3 is 2.95 bits per heavy atom. The Balaban J connectivity index is 2.57. The molecule has 0 aliphatic carbocycles. The SMILES string of the molecule is CCCNc1ccnc2cc(Cl)c(C(=O)NO)cc12. The summed E-state index contributed by atoms with van der Waals surface area (Å²) in [6.07, 6.45) is 2.67. The van der Waals surface area contributed by atoms with Crippen LogP contribution >= 0.6 is 11.6 Å². The highest BCUT2D eigenvalue weighted by atomic mass is 35.5. The minimum Gasteiger partial charge on any atom is -0.384 e. The number of fused-ring (bicyclic) bond motifs is 1. The van der Waals surface area contributed by atoms with E-state index in [9.17, 15) is 4.79 Å². The van der Waals surface area contributed by atoms with Crippen molar-refractivity contribution >= 4 is 34.1 Å². The number of hydrogen-bond donors (Lipinski definition) is 3. The predicted octanol–water partition coefficient (Wildman–Crippen LogP) is 2.83. The minimum atomic E-state index is -0.641. The number of hydroxylamine groups is 1. The number of nitrogens with zero attached hydrogens (tertiary/aromatic N) is 1. The van der Waals surface area contributed by atoms with Crippen LogP contribution < -0.4 is 10.8 Å². The molecule has 5 nitrogen and oxygen atoms in total. The second kappa shape index (κ2) is 5.86. The molecule has 2 aromatic rings. The van der Waals surface area contributed by atoms with E-state index < -0.39 is 5.91 Å². The highest BCUT2D eigenvalue weighted by Gasteiger charge is 2.13. The van der Waals surface area contributed by atoms with Gasteiger partial charge in [-0.1, -0.05) is 18.5 Å². The van der Waals surface area contributed by atoms with Crippen LogP contribution in [0.1, 0.15) is 23.7 Å². The predicted molar refractivity (Wildman–Crippen MR) is 74.8 cm³/mol. The smallest absolute Gasteiger partial charge is 0.276 e. The van der Waals surface area contributed by atoms with E-state index in [0.717, 1.165) is 24.0 Å². The quantitative estimate of drug-likeness (QED) is 0.594. The number of halogens is 1. The van der Waals surface area contributed by atoms with E-state index in [1.165, 1.54) is 0 Å². The fourth-order valence-corrected chi connectivity index (χ4v) is 2.06. The Kier molecular flexibility index (Phi) is 4.19. The number of amides is 1. The van der Waals surface area contributed by atoms with Crippen molar-refractivity contribution in [3.63, 3.8) is 0 Å². The molecule has 1 amide bonds. The van der Waals surface area contributed by atoms with Crippen LogP contribution in [0, 0.1) is 0 Å². The molecule has 0 atom stereocenters. The maximum absolute atomic E-state index is 11.5. The van der Waals surface area contributed by atoms with Crippen molar-refractivity contribution in [3.8, 4) is 0 Å². The van der Waals surface area contributed by atoms with Gasteiger partial charge in [0.25, 0.3) is 5.91 Å². The van der Waals surface area contributed by atoms with Gasteiger partial charge in [-0.3, -0.25) is 15.0 Å². The second-order valence-corrected chi connectivity index (χ2v) is 4.48. The Hall–Kier alpha value is -1.85. The third-order valence-corrected chi connectivity index (χ3v) is 3.05. The summed E-state index contributed by atoms with van der Waals surface area (Å²) in [5, 5.41) is 13.0. The van der Waals surface area contributed by atoms with Crippen molar-refractivity contribution in [2.45, 2.75) is 13.3 Å². The number of pyridine rings is 1. The Labute approximate surface area is 115 Å². The molecule has 0 bridgehead atoms. The molecule has 0 fully saturated rings. The lowest BCUT2D eigenvalue weighted by molar-refractivity contribution is 0.0706. The second-order valence-electron chi connectivity index (χ2n) is 4.08. The number of benzene rings is 1. The first-order chi connectivity index (χ1) is 9.17. The molecule has 19 heavy (non-hydrogen) atoms. The van der Waals surface area contributed by atoms with Gasteiger partial charge in [-0.05, 0) is 24.6 Å². The highest BCUT2D eigenvalue weighted by molar-refractivity contribution is 6.34. The molecule has 1 aromatic heterocycles. The summed E-state index contributed by atoms with van der Waals surface area (Å²) in [4.78, 5) is 15.7. The van der Waals surface area contributed by atoms with Gasteiger partial charge in [-0.2, -0.15) is 0 Å². The molecule has 2 rings (SSSR count). The van der Waals surface area contributed by atoms with E-state index in [4.69, 9.17) is 16.8 Å². The van der Waals surface area contributed by atoms with Gasteiger partial charge in [0.15, 0.2) is 0 Å². The summed E-state index contributed by atoms with van der Waals surface area (Å²) >= 11 is 6.00. The van der Waals surface area contributed by atoms with E-state index >= 15 is 0 Å². The fraction of sp³-hybridized carbons (Fsp3) is 0.231. The maximum atomic E-state index is 11.5. The van der Waals surface area contributed by atoms with Gasteiger partial charge in [-0.15, -0.1) is 0 Å². The van der Waals surface area contributed by atoms with Crippen molar-refractivity contribution in [1.82, 2.24) is 10.5 Å². The molecule has 3 N–H and O–H groups in total. The zero-order valence-electron chi connectivity index (χ0n) is 10.4. The summed E-state index contributed by atoms with van der Waals surface area (Å²) in [7, 11) is 0. The maximum Gasteiger partial charge on any atom is 0.276 e. The van der Waals surface area contributed by atoms with Gasteiger partial charge < -0.3 is 5.32 Å². The molecular weight excluding hydrogens is 266 g/mol. The van der Waals surface area contributed by atoms with E-state index in [1.807, 2.05) is 6.07 Å². The summed E-state index contributed by atoms with van der Waals surface area (Å²) in [6, 6.07) is 5.07. The van der Waals surface area contributed by atoms with Crippen molar-refractivity contribution < 1.29 is 10.0 Å². The number of anilines is 1. The van der Waals surface area contributed by atoms with Gasteiger partial charge >= 0.3 is 0 Å². The summed E-state index contributed by atoms with van der Waals surface area (Å²) in [6.45, 7) is 2.89. The molecule has 0 unspecified atom stereocenters. The van der Waals surface area contributed by atoms with Crippen LogP contribution in [0.5, 0.6) is 0 Å². The third kappa shape index (κ3) is 2.77. The lowest BCUT2D eigenvalue weighted by Gasteiger charge is -2.10. The van der Waals surface area contributed by atoms with E-state index in [1.54, 1.807) is 23.8 Å². The topological polar surface area (TPSA) is 74.2 Å². The molecule has 1 aromatic carbocycles. The van der Waals surface area contributed by atoms with E-state index in [0.29, 0.717) is 5.52 Å².